The highest BCUT2D eigenvalue weighted by molar-refractivity contribution is 5.80. The molecule has 0 aromatic rings. The molecule has 0 bridgehead atoms. The number of amides is 1. The Morgan fingerprint density at radius 3 is 2.35 bits per heavy atom. The second-order valence-electron chi connectivity index (χ2n) is 6.13. The molecule has 0 aromatic heterocycles. The molecule has 0 aromatic carbocycles. The van der Waals surface area contributed by atoms with E-state index >= 15 is 0 Å². The fourth-order valence-corrected chi connectivity index (χ4v) is 2.09. The summed E-state index contributed by atoms with van der Waals surface area (Å²) in [6, 6.07) is -1.08. The molecule has 1 fully saturated rings. The van der Waals surface area contributed by atoms with Crippen LogP contribution in [-0.2, 0) is 14.3 Å². The molecule has 0 unspecified atom stereocenters. The summed E-state index contributed by atoms with van der Waals surface area (Å²) in [5, 5.41) is 11.4. The first-order valence-electron chi connectivity index (χ1n) is 7.12. The normalized spacial score (nSPS) is 18.4. The van der Waals surface area contributed by atoms with Crippen LogP contribution in [0, 0.1) is 0 Å². The van der Waals surface area contributed by atoms with E-state index < -0.39 is 23.7 Å². The Labute approximate surface area is 119 Å². The zero-order valence-electron chi connectivity index (χ0n) is 12.5. The molecule has 0 radical (unpaired) electrons. The van der Waals surface area contributed by atoms with Crippen molar-refractivity contribution in [2.45, 2.75) is 70.6 Å². The molecule has 1 saturated carbocycles. The Morgan fingerprint density at radius 2 is 1.85 bits per heavy atom. The molecule has 6 nitrogen and oxygen atoms in total. The molecule has 1 rings (SSSR count). The standard InChI is InChI=1S/C14H25NO5/c1-14(2,3)20-13(18)15-11(12(16)17)9-19-10-7-5-4-6-8-10/h10-11H,4-9H2,1-3H3,(H,15,18)(H,16,17)/t11-/m0/s1. The fourth-order valence-electron chi connectivity index (χ4n) is 2.09. The smallest absolute Gasteiger partial charge is 0.408 e. The number of rotatable bonds is 5. The Balaban J connectivity index is 2.39. The molecule has 0 heterocycles. The molecular formula is C14H25NO5. The summed E-state index contributed by atoms with van der Waals surface area (Å²) >= 11 is 0. The lowest BCUT2D eigenvalue weighted by atomic mass is 9.98. The van der Waals surface area contributed by atoms with Crippen molar-refractivity contribution in [3.63, 3.8) is 0 Å². The molecule has 1 aliphatic rings. The first kappa shape index (κ1) is 16.8. The third-order valence-corrected chi connectivity index (χ3v) is 3.04. The van der Waals surface area contributed by atoms with E-state index in [1.165, 1.54) is 6.42 Å². The highest BCUT2D eigenvalue weighted by atomic mass is 16.6. The lowest BCUT2D eigenvalue weighted by Crippen LogP contribution is -2.46. The van der Waals surface area contributed by atoms with Gasteiger partial charge in [-0.1, -0.05) is 19.3 Å². The quantitative estimate of drug-likeness (QED) is 0.810. The third-order valence-electron chi connectivity index (χ3n) is 3.04. The largest absolute Gasteiger partial charge is 0.480 e. The first-order chi connectivity index (χ1) is 9.28. The molecule has 1 amide bonds. The summed E-state index contributed by atoms with van der Waals surface area (Å²) in [7, 11) is 0. The van der Waals surface area contributed by atoms with Gasteiger partial charge in [0.15, 0.2) is 6.04 Å². The number of hydrogen-bond acceptors (Lipinski definition) is 4. The van der Waals surface area contributed by atoms with Gasteiger partial charge in [-0.25, -0.2) is 9.59 Å². The predicted molar refractivity (Wildman–Crippen MR) is 73.6 cm³/mol. The van der Waals surface area contributed by atoms with Gasteiger partial charge in [-0.15, -0.1) is 0 Å². The minimum atomic E-state index is -1.12. The van der Waals surface area contributed by atoms with Crippen LogP contribution in [0.4, 0.5) is 4.79 Å². The minimum Gasteiger partial charge on any atom is -0.480 e. The van der Waals surface area contributed by atoms with Crippen LogP contribution < -0.4 is 5.32 Å². The molecule has 0 saturated heterocycles. The maximum atomic E-state index is 11.6. The van der Waals surface area contributed by atoms with Gasteiger partial charge >= 0.3 is 12.1 Å². The summed E-state index contributed by atoms with van der Waals surface area (Å²) in [4.78, 5) is 22.7. The van der Waals surface area contributed by atoms with Crippen molar-refractivity contribution in [3.8, 4) is 0 Å². The molecule has 0 aliphatic heterocycles. The summed E-state index contributed by atoms with van der Waals surface area (Å²) < 4.78 is 10.6. The zero-order valence-corrected chi connectivity index (χ0v) is 12.5. The van der Waals surface area contributed by atoms with E-state index in [2.05, 4.69) is 5.32 Å². The van der Waals surface area contributed by atoms with E-state index in [1.807, 2.05) is 0 Å². The molecular weight excluding hydrogens is 262 g/mol. The van der Waals surface area contributed by atoms with E-state index in [-0.39, 0.29) is 12.7 Å². The molecule has 2 N–H and O–H groups in total. The topological polar surface area (TPSA) is 84.9 Å². The van der Waals surface area contributed by atoms with Gasteiger partial charge in [-0.05, 0) is 33.6 Å². The molecule has 1 atom stereocenters. The van der Waals surface area contributed by atoms with E-state index in [4.69, 9.17) is 14.6 Å². The van der Waals surface area contributed by atoms with Crippen LogP contribution in [0.25, 0.3) is 0 Å². The molecule has 0 spiro atoms. The van der Waals surface area contributed by atoms with Crippen LogP contribution in [0.2, 0.25) is 0 Å². The van der Waals surface area contributed by atoms with Gasteiger partial charge in [0.1, 0.15) is 5.60 Å². The van der Waals surface area contributed by atoms with Gasteiger partial charge in [0.25, 0.3) is 0 Å². The van der Waals surface area contributed by atoms with Crippen molar-refractivity contribution in [3.05, 3.63) is 0 Å². The second-order valence-corrected chi connectivity index (χ2v) is 6.13. The van der Waals surface area contributed by atoms with Gasteiger partial charge < -0.3 is 19.9 Å². The fraction of sp³-hybridized carbons (Fsp3) is 0.857. The van der Waals surface area contributed by atoms with Crippen molar-refractivity contribution in [1.82, 2.24) is 5.32 Å². The second kappa shape index (κ2) is 7.47. The zero-order chi connectivity index (χ0) is 15.2. The lowest BCUT2D eigenvalue weighted by Gasteiger charge is -2.25. The van der Waals surface area contributed by atoms with Crippen LogP contribution in [-0.4, -0.2) is 41.5 Å². The Morgan fingerprint density at radius 1 is 1.25 bits per heavy atom. The van der Waals surface area contributed by atoms with Crippen LogP contribution >= 0.6 is 0 Å². The van der Waals surface area contributed by atoms with Crippen molar-refractivity contribution >= 4 is 12.1 Å². The number of carbonyl (C=O) groups is 2. The number of carbonyl (C=O) groups excluding carboxylic acids is 1. The van der Waals surface area contributed by atoms with Gasteiger partial charge in [-0.3, -0.25) is 0 Å². The average molecular weight is 287 g/mol. The number of carboxylic acid groups (broad SMARTS) is 1. The molecule has 116 valence electrons. The summed E-state index contributed by atoms with van der Waals surface area (Å²) in [5.41, 5.74) is -0.655. The van der Waals surface area contributed by atoms with Gasteiger partial charge in [0, 0.05) is 0 Å². The summed E-state index contributed by atoms with van der Waals surface area (Å²) in [6.07, 6.45) is 4.71. The predicted octanol–water partition coefficient (Wildman–Crippen LogP) is 2.31. The SMILES string of the molecule is CC(C)(C)OC(=O)N[C@@H](COC1CCCCC1)C(=O)O. The van der Waals surface area contributed by atoms with E-state index in [0.29, 0.717) is 0 Å². The Hall–Kier alpha value is -1.30. The number of aliphatic carboxylic acids is 1. The van der Waals surface area contributed by atoms with Crippen LogP contribution in [0.15, 0.2) is 0 Å². The Kier molecular flexibility index (Phi) is 6.26. The van der Waals surface area contributed by atoms with Crippen molar-refractivity contribution in [2.24, 2.45) is 0 Å². The summed E-state index contributed by atoms with van der Waals surface area (Å²) in [6.45, 7) is 5.14. The minimum absolute atomic E-state index is 0.0285. The maximum absolute atomic E-state index is 11.6. The van der Waals surface area contributed by atoms with Crippen LogP contribution in [0.5, 0.6) is 0 Å². The highest BCUT2D eigenvalue weighted by Gasteiger charge is 2.25. The van der Waals surface area contributed by atoms with E-state index in [0.717, 1.165) is 25.7 Å². The molecule has 20 heavy (non-hydrogen) atoms. The molecule has 6 heteroatoms. The van der Waals surface area contributed by atoms with Gasteiger partial charge in [-0.2, -0.15) is 0 Å². The molecule has 1 aliphatic carbocycles. The average Bonchev–Trinajstić information content (AvgIpc) is 2.33. The highest BCUT2D eigenvalue weighted by Crippen LogP contribution is 2.20. The lowest BCUT2D eigenvalue weighted by molar-refractivity contribution is -0.142. The number of carboxylic acids is 1. The van der Waals surface area contributed by atoms with Gasteiger partial charge in [0.05, 0.1) is 12.7 Å². The number of nitrogens with one attached hydrogen (secondary N) is 1. The number of alkyl carbamates (subject to hydrolysis) is 1. The van der Waals surface area contributed by atoms with Crippen molar-refractivity contribution in [2.75, 3.05) is 6.61 Å². The van der Waals surface area contributed by atoms with Crippen LogP contribution in [0.3, 0.4) is 0 Å². The first-order valence-corrected chi connectivity index (χ1v) is 7.12. The van der Waals surface area contributed by atoms with Crippen molar-refractivity contribution in [1.29, 1.82) is 0 Å². The van der Waals surface area contributed by atoms with E-state index in [9.17, 15) is 9.59 Å². The van der Waals surface area contributed by atoms with Crippen LogP contribution in [0.1, 0.15) is 52.9 Å². The van der Waals surface area contributed by atoms with Crippen molar-refractivity contribution < 1.29 is 24.2 Å². The maximum Gasteiger partial charge on any atom is 0.408 e. The third kappa shape index (κ3) is 6.75. The monoisotopic (exact) mass is 287 g/mol. The van der Waals surface area contributed by atoms with E-state index in [1.54, 1.807) is 20.8 Å². The number of ether oxygens (including phenoxy) is 2. The number of hydrogen-bond donors (Lipinski definition) is 2. The summed E-state index contributed by atoms with van der Waals surface area (Å²) in [5.74, 6) is -1.12. The Bertz CT molecular complexity index is 331. The van der Waals surface area contributed by atoms with Gasteiger partial charge in [0.2, 0.25) is 0 Å².